The Bertz CT molecular complexity index is 807. The Labute approximate surface area is 171 Å². The lowest BCUT2D eigenvalue weighted by Crippen LogP contribution is -2.50. The molecule has 26 heavy (non-hydrogen) atoms. The summed E-state index contributed by atoms with van der Waals surface area (Å²) in [5.41, 5.74) is 1.33. The molecule has 0 aromatic heterocycles. The van der Waals surface area contributed by atoms with Crippen molar-refractivity contribution in [3.8, 4) is 0 Å². The van der Waals surface area contributed by atoms with Crippen LogP contribution in [-0.4, -0.2) is 54.3 Å². The van der Waals surface area contributed by atoms with Gasteiger partial charge in [-0.25, -0.2) is 0 Å². The maximum atomic E-state index is 12.6. The fraction of sp³-hybridized carbons (Fsp3) is 0.263. The number of carbonyl (C=O) groups is 2. The van der Waals surface area contributed by atoms with E-state index in [1.807, 2.05) is 46.2 Å². The van der Waals surface area contributed by atoms with Crippen molar-refractivity contribution < 1.29 is 9.59 Å². The Morgan fingerprint density at radius 2 is 1.77 bits per heavy atom. The molecule has 1 aliphatic heterocycles. The number of hydrogen-bond donors (Lipinski definition) is 1. The Morgan fingerprint density at radius 1 is 1.04 bits per heavy atom. The fourth-order valence-electron chi connectivity index (χ4n) is 2.87. The van der Waals surface area contributed by atoms with Crippen molar-refractivity contribution in [1.29, 1.82) is 0 Å². The first-order valence-electron chi connectivity index (χ1n) is 8.34. The maximum Gasteiger partial charge on any atom is 0.253 e. The Hall–Kier alpha value is -1.64. The van der Waals surface area contributed by atoms with Gasteiger partial charge in [0.15, 0.2) is 0 Å². The highest BCUT2D eigenvalue weighted by Gasteiger charge is 2.23. The normalized spacial score (nSPS) is 14.9. The van der Waals surface area contributed by atoms with Crippen molar-refractivity contribution in [3.63, 3.8) is 0 Å². The van der Waals surface area contributed by atoms with Crippen molar-refractivity contribution in [2.24, 2.45) is 0 Å². The number of carbonyl (C=O) groups excluding carboxylic acids is 2. The number of hydrogen-bond acceptors (Lipinski definition) is 3. The lowest BCUT2D eigenvalue weighted by atomic mass is 10.2. The van der Waals surface area contributed by atoms with Crippen molar-refractivity contribution in [2.45, 2.75) is 0 Å². The van der Waals surface area contributed by atoms with Gasteiger partial charge in [0.05, 0.1) is 17.3 Å². The molecule has 1 aliphatic rings. The van der Waals surface area contributed by atoms with Crippen LogP contribution in [0.5, 0.6) is 0 Å². The average molecular weight is 484 g/mol. The molecule has 0 saturated carbocycles. The quantitative estimate of drug-likeness (QED) is 0.679. The molecular weight excluding hydrogens is 465 g/mol. The molecule has 1 N–H and O–H groups in total. The predicted molar refractivity (Wildman–Crippen MR) is 112 cm³/mol. The summed E-state index contributed by atoms with van der Waals surface area (Å²) >= 11 is 8.27. The number of anilines is 1. The van der Waals surface area contributed by atoms with E-state index in [1.54, 1.807) is 12.1 Å². The largest absolute Gasteiger partial charge is 0.336 e. The molecule has 1 fully saturated rings. The molecule has 1 heterocycles. The Balaban J connectivity index is 1.50. The van der Waals surface area contributed by atoms with Crippen molar-refractivity contribution in [2.75, 3.05) is 38.0 Å². The molecule has 0 aliphatic carbocycles. The second kappa shape index (κ2) is 8.83. The van der Waals surface area contributed by atoms with E-state index in [1.165, 1.54) is 0 Å². The van der Waals surface area contributed by atoms with E-state index >= 15 is 0 Å². The van der Waals surface area contributed by atoms with Crippen LogP contribution in [0.2, 0.25) is 5.02 Å². The van der Waals surface area contributed by atoms with Gasteiger partial charge in [-0.3, -0.25) is 14.5 Å². The van der Waals surface area contributed by atoms with E-state index in [-0.39, 0.29) is 18.4 Å². The van der Waals surface area contributed by atoms with E-state index in [9.17, 15) is 9.59 Å². The molecular formula is C19H19ClIN3O2. The third-order valence-electron chi connectivity index (χ3n) is 4.25. The standard InChI is InChI=1S/C19H19ClIN3O2/c20-16-6-1-2-7-17(16)22-18(25)13-23-8-10-24(11-9-23)19(26)14-4-3-5-15(21)12-14/h1-7,12H,8-11,13H2,(H,22,25). The average Bonchev–Trinajstić information content (AvgIpc) is 2.64. The number of para-hydroxylation sites is 1. The molecule has 0 bridgehead atoms. The SMILES string of the molecule is O=C(CN1CCN(C(=O)c2cccc(I)c2)CC1)Nc1ccccc1Cl. The van der Waals surface area contributed by atoms with Crippen LogP contribution >= 0.6 is 34.2 Å². The number of nitrogens with zero attached hydrogens (tertiary/aromatic N) is 2. The zero-order chi connectivity index (χ0) is 18.5. The van der Waals surface area contributed by atoms with Crippen LogP contribution in [0.25, 0.3) is 0 Å². The number of nitrogens with one attached hydrogen (secondary N) is 1. The van der Waals surface area contributed by atoms with Crippen LogP contribution < -0.4 is 5.32 Å². The molecule has 0 atom stereocenters. The third-order valence-corrected chi connectivity index (χ3v) is 5.25. The molecule has 0 radical (unpaired) electrons. The molecule has 2 amide bonds. The van der Waals surface area contributed by atoms with Gasteiger partial charge in [-0.2, -0.15) is 0 Å². The van der Waals surface area contributed by atoms with Gasteiger partial charge in [-0.15, -0.1) is 0 Å². The summed E-state index contributed by atoms with van der Waals surface area (Å²) in [5.74, 6) is -0.0563. The van der Waals surface area contributed by atoms with Crippen molar-refractivity contribution >= 4 is 51.7 Å². The summed E-state index contributed by atoms with van der Waals surface area (Å²) in [6.45, 7) is 2.86. The Kier molecular flexibility index (Phi) is 6.50. The number of piperazine rings is 1. The van der Waals surface area contributed by atoms with E-state index in [0.29, 0.717) is 42.5 Å². The monoisotopic (exact) mass is 483 g/mol. The summed E-state index contributed by atoms with van der Waals surface area (Å²) in [5, 5.41) is 3.35. The summed E-state index contributed by atoms with van der Waals surface area (Å²) < 4.78 is 1.04. The van der Waals surface area contributed by atoms with Crippen molar-refractivity contribution in [3.05, 3.63) is 62.7 Å². The van der Waals surface area contributed by atoms with Gasteiger partial charge in [0.1, 0.15) is 0 Å². The van der Waals surface area contributed by atoms with E-state index in [2.05, 4.69) is 27.9 Å². The minimum Gasteiger partial charge on any atom is -0.336 e. The van der Waals surface area contributed by atoms with Crippen LogP contribution in [0.1, 0.15) is 10.4 Å². The van der Waals surface area contributed by atoms with Gasteiger partial charge in [0.2, 0.25) is 5.91 Å². The predicted octanol–water partition coefficient (Wildman–Crippen LogP) is 3.34. The summed E-state index contributed by atoms with van der Waals surface area (Å²) in [6.07, 6.45) is 0. The first-order chi connectivity index (χ1) is 12.5. The summed E-state index contributed by atoms with van der Waals surface area (Å²) in [6, 6.07) is 14.8. The molecule has 1 saturated heterocycles. The molecule has 0 spiro atoms. The van der Waals surface area contributed by atoms with Crippen LogP contribution in [0, 0.1) is 3.57 Å². The number of amides is 2. The van der Waals surface area contributed by atoms with E-state index < -0.39 is 0 Å². The first kappa shape index (κ1) is 19.1. The Morgan fingerprint density at radius 3 is 2.46 bits per heavy atom. The van der Waals surface area contributed by atoms with Crippen LogP contribution in [0.4, 0.5) is 5.69 Å². The highest BCUT2D eigenvalue weighted by molar-refractivity contribution is 14.1. The highest BCUT2D eigenvalue weighted by atomic mass is 127. The smallest absolute Gasteiger partial charge is 0.253 e. The van der Waals surface area contributed by atoms with Crippen LogP contribution in [-0.2, 0) is 4.79 Å². The molecule has 5 nitrogen and oxygen atoms in total. The van der Waals surface area contributed by atoms with E-state index in [0.717, 1.165) is 3.57 Å². The second-order valence-corrected chi connectivity index (χ2v) is 7.76. The fourth-order valence-corrected chi connectivity index (χ4v) is 3.59. The molecule has 2 aromatic carbocycles. The molecule has 7 heteroatoms. The second-order valence-electron chi connectivity index (χ2n) is 6.11. The lowest BCUT2D eigenvalue weighted by molar-refractivity contribution is -0.117. The topological polar surface area (TPSA) is 52.7 Å². The minimum absolute atomic E-state index is 0.0451. The number of halogens is 2. The molecule has 2 aromatic rings. The van der Waals surface area contributed by atoms with Gasteiger partial charge in [0.25, 0.3) is 5.91 Å². The minimum atomic E-state index is -0.101. The molecule has 136 valence electrons. The third kappa shape index (κ3) is 4.96. The van der Waals surface area contributed by atoms with Gasteiger partial charge in [-0.1, -0.05) is 29.8 Å². The highest BCUT2D eigenvalue weighted by Crippen LogP contribution is 2.20. The molecule has 0 unspecified atom stereocenters. The van der Waals surface area contributed by atoms with Gasteiger partial charge in [-0.05, 0) is 52.9 Å². The zero-order valence-corrected chi connectivity index (χ0v) is 17.0. The maximum absolute atomic E-state index is 12.6. The summed E-state index contributed by atoms with van der Waals surface area (Å²) in [4.78, 5) is 28.7. The van der Waals surface area contributed by atoms with Crippen LogP contribution in [0.3, 0.4) is 0 Å². The van der Waals surface area contributed by atoms with Crippen LogP contribution in [0.15, 0.2) is 48.5 Å². The molecule has 3 rings (SSSR count). The zero-order valence-electron chi connectivity index (χ0n) is 14.1. The lowest BCUT2D eigenvalue weighted by Gasteiger charge is -2.34. The number of benzene rings is 2. The number of rotatable bonds is 4. The first-order valence-corrected chi connectivity index (χ1v) is 9.80. The van der Waals surface area contributed by atoms with Gasteiger partial charge in [0, 0.05) is 35.3 Å². The van der Waals surface area contributed by atoms with E-state index in [4.69, 9.17) is 11.6 Å². The van der Waals surface area contributed by atoms with Crippen molar-refractivity contribution in [1.82, 2.24) is 9.80 Å². The van der Waals surface area contributed by atoms with Gasteiger partial charge >= 0.3 is 0 Å². The van der Waals surface area contributed by atoms with Gasteiger partial charge < -0.3 is 10.2 Å². The summed E-state index contributed by atoms with van der Waals surface area (Å²) in [7, 11) is 0.